The highest BCUT2D eigenvalue weighted by Gasteiger charge is 2.21. The monoisotopic (exact) mass is 363 g/mol. The maximum atomic E-state index is 13.5. The van der Waals surface area contributed by atoms with Gasteiger partial charge in [0.05, 0.1) is 0 Å². The lowest BCUT2D eigenvalue weighted by atomic mass is 10.1. The minimum absolute atomic E-state index is 0.0140. The molecule has 1 aromatic carbocycles. The minimum atomic E-state index is -0.247. The highest BCUT2D eigenvalue weighted by Crippen LogP contribution is 2.10. The number of hydrogen-bond donors (Lipinski definition) is 1. The van der Waals surface area contributed by atoms with Crippen molar-refractivity contribution in [1.29, 1.82) is 0 Å². The van der Waals surface area contributed by atoms with Crippen LogP contribution in [-0.2, 0) is 20.8 Å². The van der Waals surface area contributed by atoms with Gasteiger partial charge in [0.2, 0.25) is 17.7 Å². The van der Waals surface area contributed by atoms with E-state index in [9.17, 15) is 18.8 Å². The predicted octanol–water partition coefficient (Wildman–Crippen LogP) is 1.35. The number of benzene rings is 1. The number of amides is 3. The third-order valence-electron chi connectivity index (χ3n) is 4.55. The molecule has 0 radical (unpaired) electrons. The topological polar surface area (TPSA) is 69.7 Å². The Morgan fingerprint density at radius 2 is 1.69 bits per heavy atom. The van der Waals surface area contributed by atoms with Crippen molar-refractivity contribution in [3.8, 4) is 0 Å². The molecule has 0 spiro atoms. The maximum Gasteiger partial charge on any atom is 0.224 e. The smallest absolute Gasteiger partial charge is 0.224 e. The SMILES string of the molecule is CC(=O)N1CCN(C(=O)CCNC(=O)CCCc2ccccc2F)CC1. The third kappa shape index (κ3) is 6.13. The molecule has 7 heteroatoms. The number of carbonyl (C=O) groups excluding carboxylic acids is 3. The summed E-state index contributed by atoms with van der Waals surface area (Å²) >= 11 is 0. The number of hydrogen-bond acceptors (Lipinski definition) is 3. The van der Waals surface area contributed by atoms with Crippen molar-refractivity contribution in [2.75, 3.05) is 32.7 Å². The van der Waals surface area contributed by atoms with Gasteiger partial charge in [0, 0.05) is 52.5 Å². The van der Waals surface area contributed by atoms with Gasteiger partial charge in [-0.1, -0.05) is 18.2 Å². The van der Waals surface area contributed by atoms with Crippen molar-refractivity contribution in [2.45, 2.75) is 32.6 Å². The summed E-state index contributed by atoms with van der Waals surface area (Å²) < 4.78 is 13.5. The molecule has 1 aliphatic rings. The number of piperazine rings is 1. The first-order valence-corrected chi connectivity index (χ1v) is 9.01. The van der Waals surface area contributed by atoms with Gasteiger partial charge >= 0.3 is 0 Å². The van der Waals surface area contributed by atoms with E-state index in [1.807, 2.05) is 0 Å². The number of nitrogens with zero attached hydrogens (tertiary/aromatic N) is 2. The molecule has 0 bridgehead atoms. The number of carbonyl (C=O) groups is 3. The summed E-state index contributed by atoms with van der Waals surface area (Å²) in [6, 6.07) is 6.55. The van der Waals surface area contributed by atoms with Crippen LogP contribution in [0, 0.1) is 5.82 Å². The molecule has 0 unspecified atom stereocenters. The van der Waals surface area contributed by atoms with Gasteiger partial charge in [-0.3, -0.25) is 14.4 Å². The van der Waals surface area contributed by atoms with Crippen molar-refractivity contribution >= 4 is 17.7 Å². The zero-order valence-corrected chi connectivity index (χ0v) is 15.2. The van der Waals surface area contributed by atoms with E-state index in [2.05, 4.69) is 5.32 Å². The lowest BCUT2D eigenvalue weighted by molar-refractivity contribution is -0.138. The Morgan fingerprint density at radius 1 is 1.04 bits per heavy atom. The largest absolute Gasteiger partial charge is 0.356 e. The van der Waals surface area contributed by atoms with Crippen molar-refractivity contribution in [3.63, 3.8) is 0 Å². The van der Waals surface area contributed by atoms with Gasteiger partial charge in [-0.25, -0.2) is 4.39 Å². The quantitative estimate of drug-likeness (QED) is 0.795. The maximum absolute atomic E-state index is 13.5. The van der Waals surface area contributed by atoms with Gasteiger partial charge in [-0.15, -0.1) is 0 Å². The van der Waals surface area contributed by atoms with Gasteiger partial charge in [0.15, 0.2) is 0 Å². The van der Waals surface area contributed by atoms with E-state index in [1.165, 1.54) is 13.0 Å². The molecular weight excluding hydrogens is 337 g/mol. The zero-order chi connectivity index (χ0) is 18.9. The Bertz CT molecular complexity index is 643. The normalized spacial score (nSPS) is 14.2. The van der Waals surface area contributed by atoms with E-state index >= 15 is 0 Å². The molecule has 1 aliphatic heterocycles. The molecule has 0 aromatic heterocycles. The van der Waals surface area contributed by atoms with Crippen molar-refractivity contribution in [3.05, 3.63) is 35.6 Å². The summed E-state index contributed by atoms with van der Waals surface area (Å²) in [5, 5.41) is 2.74. The fourth-order valence-electron chi connectivity index (χ4n) is 2.97. The molecule has 0 saturated carbocycles. The summed E-state index contributed by atoms with van der Waals surface area (Å²) in [5.74, 6) is -0.362. The molecule has 0 aliphatic carbocycles. The van der Waals surface area contributed by atoms with Gasteiger partial charge in [0.25, 0.3) is 0 Å². The van der Waals surface area contributed by atoms with Crippen molar-refractivity contribution < 1.29 is 18.8 Å². The van der Waals surface area contributed by atoms with Crippen LogP contribution in [0.2, 0.25) is 0 Å². The summed E-state index contributed by atoms with van der Waals surface area (Å²) in [5.41, 5.74) is 0.611. The molecule has 2 rings (SSSR count). The molecule has 1 aromatic rings. The molecule has 3 amide bonds. The van der Waals surface area contributed by atoms with Crippen molar-refractivity contribution in [1.82, 2.24) is 15.1 Å². The van der Waals surface area contributed by atoms with E-state index in [0.29, 0.717) is 57.5 Å². The van der Waals surface area contributed by atoms with Gasteiger partial charge in [0.1, 0.15) is 5.82 Å². The van der Waals surface area contributed by atoms with Crippen LogP contribution in [0.4, 0.5) is 4.39 Å². The third-order valence-corrected chi connectivity index (χ3v) is 4.55. The number of halogens is 1. The molecule has 26 heavy (non-hydrogen) atoms. The van der Waals surface area contributed by atoms with E-state index < -0.39 is 0 Å². The summed E-state index contributed by atoms with van der Waals surface area (Å²) in [6.45, 7) is 4.01. The summed E-state index contributed by atoms with van der Waals surface area (Å²) in [4.78, 5) is 38.7. The second-order valence-electron chi connectivity index (χ2n) is 6.43. The Kier molecular flexibility index (Phi) is 7.56. The van der Waals surface area contributed by atoms with Crippen molar-refractivity contribution in [2.24, 2.45) is 0 Å². The van der Waals surface area contributed by atoms with Gasteiger partial charge < -0.3 is 15.1 Å². The molecule has 1 N–H and O–H groups in total. The van der Waals surface area contributed by atoms with Crippen LogP contribution < -0.4 is 5.32 Å². The van der Waals surface area contributed by atoms with E-state index in [-0.39, 0.29) is 30.0 Å². The fourth-order valence-corrected chi connectivity index (χ4v) is 2.97. The zero-order valence-electron chi connectivity index (χ0n) is 15.2. The lowest BCUT2D eigenvalue weighted by Crippen LogP contribution is -2.50. The van der Waals surface area contributed by atoms with Crippen LogP contribution in [0.5, 0.6) is 0 Å². The number of nitrogens with one attached hydrogen (secondary N) is 1. The first kappa shape index (κ1) is 19.9. The summed E-state index contributed by atoms with van der Waals surface area (Å²) in [6.07, 6.45) is 1.63. The molecule has 1 heterocycles. The predicted molar refractivity (Wildman–Crippen MR) is 95.8 cm³/mol. The average molecular weight is 363 g/mol. The Labute approximate surface area is 153 Å². The highest BCUT2D eigenvalue weighted by atomic mass is 19.1. The molecule has 1 saturated heterocycles. The molecule has 6 nitrogen and oxygen atoms in total. The second kappa shape index (κ2) is 9.89. The van der Waals surface area contributed by atoms with Crippen LogP contribution in [0.1, 0.15) is 31.7 Å². The van der Waals surface area contributed by atoms with Crippen LogP contribution in [-0.4, -0.2) is 60.2 Å². The Hall–Kier alpha value is -2.44. The highest BCUT2D eigenvalue weighted by molar-refractivity contribution is 5.79. The molecular formula is C19H26FN3O3. The first-order chi connectivity index (χ1) is 12.5. The molecule has 0 atom stereocenters. The Morgan fingerprint density at radius 3 is 2.35 bits per heavy atom. The van der Waals surface area contributed by atoms with E-state index in [4.69, 9.17) is 0 Å². The summed E-state index contributed by atoms with van der Waals surface area (Å²) in [7, 11) is 0. The lowest BCUT2D eigenvalue weighted by Gasteiger charge is -2.34. The van der Waals surface area contributed by atoms with E-state index in [0.717, 1.165) is 0 Å². The van der Waals surface area contributed by atoms with Gasteiger partial charge in [-0.2, -0.15) is 0 Å². The van der Waals surface area contributed by atoms with Crippen LogP contribution >= 0.6 is 0 Å². The second-order valence-corrected chi connectivity index (χ2v) is 6.43. The Balaban J connectivity index is 1.59. The number of aryl methyl sites for hydroxylation is 1. The average Bonchev–Trinajstić information content (AvgIpc) is 2.63. The van der Waals surface area contributed by atoms with Crippen LogP contribution in [0.15, 0.2) is 24.3 Å². The van der Waals surface area contributed by atoms with Crippen LogP contribution in [0.3, 0.4) is 0 Å². The first-order valence-electron chi connectivity index (χ1n) is 9.01. The van der Waals surface area contributed by atoms with E-state index in [1.54, 1.807) is 28.0 Å². The number of rotatable bonds is 7. The standard InChI is InChI=1S/C19H26FN3O3/c1-15(24)22-11-13-23(14-12-22)19(26)9-10-21-18(25)8-4-6-16-5-2-3-7-17(16)20/h2-3,5,7H,4,6,8-14H2,1H3,(H,21,25). The fraction of sp³-hybridized carbons (Fsp3) is 0.526. The molecule has 1 fully saturated rings. The minimum Gasteiger partial charge on any atom is -0.356 e. The van der Waals surface area contributed by atoms with Crippen LogP contribution in [0.25, 0.3) is 0 Å². The van der Waals surface area contributed by atoms with Gasteiger partial charge in [-0.05, 0) is 24.5 Å². The molecule has 142 valence electrons.